The smallest absolute Gasteiger partial charge is 0.121 e. The number of ether oxygens (including phenoxy) is 2. The lowest BCUT2D eigenvalue weighted by Crippen LogP contribution is -2.18. The average Bonchev–Trinajstić information content (AvgIpc) is 3.57. The molecule has 0 bridgehead atoms. The summed E-state index contributed by atoms with van der Waals surface area (Å²) in [7, 11) is 0. The number of fused-ring (bicyclic) bond motifs is 1. The van der Waals surface area contributed by atoms with Gasteiger partial charge in [-0.25, -0.2) is 0 Å². The van der Waals surface area contributed by atoms with Crippen LogP contribution in [0.5, 0.6) is 11.5 Å². The summed E-state index contributed by atoms with van der Waals surface area (Å²) in [6, 6.07) is 16.9. The summed E-state index contributed by atoms with van der Waals surface area (Å²) in [5.41, 5.74) is 9.17. The summed E-state index contributed by atoms with van der Waals surface area (Å²) in [5.74, 6) is 2.41. The molecule has 2 saturated carbocycles. The molecular weight excluding hydrogens is 412 g/mol. The normalized spacial score (nSPS) is 16.7. The monoisotopic (exact) mass is 442 g/mol. The van der Waals surface area contributed by atoms with Crippen LogP contribution in [0, 0.1) is 22.7 Å². The van der Waals surface area contributed by atoms with E-state index in [0.29, 0.717) is 30.6 Å². The molecule has 33 heavy (non-hydrogen) atoms. The zero-order chi connectivity index (χ0) is 22.9. The summed E-state index contributed by atoms with van der Waals surface area (Å²) < 4.78 is 14.3. The maximum absolute atomic E-state index is 10.1. The second-order valence-electron chi connectivity index (χ2n) is 9.28. The van der Waals surface area contributed by atoms with Gasteiger partial charge in [0.25, 0.3) is 0 Å². The Balaban J connectivity index is 1.52. The van der Waals surface area contributed by atoms with E-state index in [2.05, 4.69) is 29.7 Å². The minimum atomic E-state index is 0.113. The molecule has 5 rings (SSSR count). The molecule has 0 amide bonds. The van der Waals surface area contributed by atoms with Gasteiger partial charge in [0.1, 0.15) is 17.6 Å². The van der Waals surface area contributed by atoms with Gasteiger partial charge in [0.05, 0.1) is 35.3 Å². The maximum atomic E-state index is 10.1. The predicted molar refractivity (Wildman–Crippen MR) is 130 cm³/mol. The van der Waals surface area contributed by atoms with Gasteiger partial charge in [-0.2, -0.15) is 5.26 Å². The number of nitriles is 1. The molecule has 3 N–H and O–H groups in total. The molecule has 1 heterocycles. The van der Waals surface area contributed by atoms with E-state index in [4.69, 9.17) is 20.6 Å². The Morgan fingerprint density at radius 2 is 1.88 bits per heavy atom. The average molecular weight is 443 g/mol. The first kappa shape index (κ1) is 21.4. The van der Waals surface area contributed by atoms with Crippen LogP contribution in [0.25, 0.3) is 22.2 Å². The lowest BCUT2D eigenvalue weighted by molar-refractivity contribution is 0.198. The SMILES string of the molecule is CC(Oc1ccc(-c2c(C#N)c3ccc(OCCC(=N)N)cc3n2C2CCC2)cc1)C1CC1. The van der Waals surface area contributed by atoms with Crippen LogP contribution in [0.4, 0.5) is 0 Å². The molecule has 2 aromatic carbocycles. The minimum Gasteiger partial charge on any atom is -0.493 e. The molecular formula is C27H30N4O2. The number of nitrogens with two attached hydrogens (primary N) is 1. The van der Waals surface area contributed by atoms with Crippen molar-refractivity contribution in [2.24, 2.45) is 11.7 Å². The van der Waals surface area contributed by atoms with Crippen LogP contribution < -0.4 is 15.2 Å². The van der Waals surface area contributed by atoms with Crippen molar-refractivity contribution >= 4 is 16.7 Å². The highest BCUT2D eigenvalue weighted by molar-refractivity contribution is 5.95. The second-order valence-corrected chi connectivity index (χ2v) is 9.28. The first-order valence-electron chi connectivity index (χ1n) is 11.9. The fourth-order valence-electron chi connectivity index (χ4n) is 4.65. The van der Waals surface area contributed by atoms with Gasteiger partial charge in [-0.1, -0.05) is 0 Å². The molecule has 6 heteroatoms. The van der Waals surface area contributed by atoms with E-state index >= 15 is 0 Å². The third-order valence-corrected chi connectivity index (χ3v) is 6.90. The van der Waals surface area contributed by atoms with Crippen molar-refractivity contribution < 1.29 is 9.47 Å². The molecule has 0 radical (unpaired) electrons. The topological polar surface area (TPSA) is 97.0 Å². The molecule has 3 aromatic rings. The fraction of sp³-hybridized carbons (Fsp3) is 0.407. The van der Waals surface area contributed by atoms with Crippen LogP contribution in [0.2, 0.25) is 0 Å². The van der Waals surface area contributed by atoms with Crippen molar-refractivity contribution in [1.29, 1.82) is 10.7 Å². The number of hydrogen-bond donors (Lipinski definition) is 2. The molecule has 170 valence electrons. The van der Waals surface area contributed by atoms with Gasteiger partial charge in [0.15, 0.2) is 0 Å². The highest BCUT2D eigenvalue weighted by Crippen LogP contribution is 2.43. The first-order valence-corrected chi connectivity index (χ1v) is 11.9. The van der Waals surface area contributed by atoms with Gasteiger partial charge in [-0.15, -0.1) is 0 Å². The molecule has 0 saturated heterocycles. The number of rotatable bonds is 9. The molecule has 1 unspecified atom stereocenters. The van der Waals surface area contributed by atoms with Crippen LogP contribution in [0.1, 0.15) is 57.1 Å². The third kappa shape index (κ3) is 4.28. The molecule has 0 aliphatic heterocycles. The van der Waals surface area contributed by atoms with E-state index < -0.39 is 0 Å². The number of nitrogens with zero attached hydrogens (tertiary/aromatic N) is 2. The molecule has 1 atom stereocenters. The van der Waals surface area contributed by atoms with E-state index in [-0.39, 0.29) is 11.9 Å². The van der Waals surface area contributed by atoms with Crippen molar-refractivity contribution in [3.05, 3.63) is 48.0 Å². The van der Waals surface area contributed by atoms with E-state index in [1.54, 1.807) is 0 Å². The lowest BCUT2D eigenvalue weighted by atomic mass is 9.92. The molecule has 2 aliphatic rings. The van der Waals surface area contributed by atoms with Crippen LogP contribution >= 0.6 is 0 Å². The van der Waals surface area contributed by atoms with Gasteiger partial charge in [-0.3, -0.25) is 5.41 Å². The number of benzene rings is 2. The van der Waals surface area contributed by atoms with Crippen molar-refractivity contribution in [3.8, 4) is 28.8 Å². The van der Waals surface area contributed by atoms with Crippen LogP contribution in [-0.2, 0) is 0 Å². The molecule has 6 nitrogen and oxygen atoms in total. The van der Waals surface area contributed by atoms with E-state index in [0.717, 1.165) is 46.5 Å². The molecule has 1 aromatic heterocycles. The standard InChI is InChI=1S/C27H30N4O2/c1-17(18-5-6-18)33-21-9-7-19(8-10-21)27-24(16-28)23-12-11-22(32-14-13-26(29)30)15-25(23)31(27)20-3-2-4-20/h7-12,15,17-18,20H,2-6,13-14H2,1H3,(H3,29,30). The van der Waals surface area contributed by atoms with Gasteiger partial charge in [-0.05, 0) is 86.9 Å². The zero-order valence-corrected chi connectivity index (χ0v) is 19.0. The van der Waals surface area contributed by atoms with Crippen LogP contribution in [0.15, 0.2) is 42.5 Å². The van der Waals surface area contributed by atoms with Crippen molar-refractivity contribution in [2.75, 3.05) is 6.61 Å². The van der Waals surface area contributed by atoms with Crippen molar-refractivity contribution in [2.45, 2.75) is 57.6 Å². The lowest BCUT2D eigenvalue weighted by Gasteiger charge is -2.30. The number of amidine groups is 1. The zero-order valence-electron chi connectivity index (χ0n) is 19.0. The Labute approximate surface area is 194 Å². The van der Waals surface area contributed by atoms with E-state index in [9.17, 15) is 5.26 Å². The van der Waals surface area contributed by atoms with Crippen LogP contribution in [0.3, 0.4) is 0 Å². The Morgan fingerprint density at radius 1 is 1.15 bits per heavy atom. The Kier molecular flexibility index (Phi) is 5.72. The molecule has 2 aliphatic carbocycles. The second kappa shape index (κ2) is 8.82. The Morgan fingerprint density at radius 3 is 2.48 bits per heavy atom. The summed E-state index contributed by atoms with van der Waals surface area (Å²) in [6.07, 6.45) is 6.57. The largest absolute Gasteiger partial charge is 0.493 e. The Bertz CT molecular complexity index is 1210. The summed E-state index contributed by atoms with van der Waals surface area (Å²) in [4.78, 5) is 0. The van der Waals surface area contributed by atoms with Gasteiger partial charge < -0.3 is 19.8 Å². The van der Waals surface area contributed by atoms with Crippen LogP contribution in [-0.4, -0.2) is 23.1 Å². The van der Waals surface area contributed by atoms with Gasteiger partial charge in [0, 0.05) is 23.9 Å². The maximum Gasteiger partial charge on any atom is 0.121 e. The minimum absolute atomic E-state index is 0.113. The van der Waals surface area contributed by atoms with Gasteiger partial charge >= 0.3 is 0 Å². The number of hydrogen-bond acceptors (Lipinski definition) is 4. The summed E-state index contributed by atoms with van der Waals surface area (Å²) >= 11 is 0. The van der Waals surface area contributed by atoms with E-state index in [1.807, 2.05) is 30.3 Å². The molecule has 0 spiro atoms. The number of aromatic nitrogens is 1. The molecule has 2 fully saturated rings. The Hall–Kier alpha value is -3.46. The van der Waals surface area contributed by atoms with Gasteiger partial charge in [0.2, 0.25) is 0 Å². The summed E-state index contributed by atoms with van der Waals surface area (Å²) in [5, 5.41) is 18.5. The number of nitrogens with one attached hydrogen (secondary N) is 1. The fourth-order valence-corrected chi connectivity index (χ4v) is 4.65. The van der Waals surface area contributed by atoms with Crippen molar-refractivity contribution in [3.63, 3.8) is 0 Å². The first-order chi connectivity index (χ1) is 16.0. The highest BCUT2D eigenvalue weighted by atomic mass is 16.5. The van der Waals surface area contributed by atoms with Crippen molar-refractivity contribution in [1.82, 2.24) is 4.57 Å². The predicted octanol–water partition coefficient (Wildman–Crippen LogP) is 5.79. The third-order valence-electron chi connectivity index (χ3n) is 6.90. The highest BCUT2D eigenvalue weighted by Gasteiger charge is 2.30. The van der Waals surface area contributed by atoms with E-state index in [1.165, 1.54) is 19.3 Å². The quantitative estimate of drug-likeness (QED) is 0.324. The summed E-state index contributed by atoms with van der Waals surface area (Å²) in [6.45, 7) is 2.51.